The number of pyridine rings is 1. The van der Waals surface area contributed by atoms with Gasteiger partial charge in [-0.15, -0.1) is 0 Å². The van der Waals surface area contributed by atoms with Crippen LogP contribution in [-0.2, 0) is 6.54 Å². The Bertz CT molecular complexity index is 589. The van der Waals surface area contributed by atoms with Crippen LogP contribution in [0.5, 0.6) is 0 Å². The molecule has 2 heterocycles. The van der Waals surface area contributed by atoms with E-state index in [0.29, 0.717) is 12.0 Å². The van der Waals surface area contributed by atoms with E-state index in [1.165, 1.54) is 24.8 Å². The molecule has 0 spiro atoms. The predicted octanol–water partition coefficient (Wildman–Crippen LogP) is 2.20. The molecule has 0 aromatic carbocycles. The van der Waals surface area contributed by atoms with Crippen LogP contribution in [0, 0.1) is 12.8 Å². The summed E-state index contributed by atoms with van der Waals surface area (Å²) >= 11 is 0. The number of nitrogens with zero attached hydrogens (tertiary/aromatic N) is 3. The Kier molecular flexibility index (Phi) is 3.76. The quantitative estimate of drug-likeness (QED) is 0.928. The Labute approximate surface area is 120 Å². The van der Waals surface area contributed by atoms with Crippen molar-refractivity contribution in [2.75, 3.05) is 13.6 Å². The van der Waals surface area contributed by atoms with Crippen molar-refractivity contribution in [3.63, 3.8) is 0 Å². The highest BCUT2D eigenvalue weighted by Crippen LogP contribution is 2.29. The number of fused-ring (bicyclic) bond motifs is 1. The third kappa shape index (κ3) is 2.45. The predicted molar refractivity (Wildman–Crippen MR) is 81.6 cm³/mol. The van der Waals surface area contributed by atoms with Gasteiger partial charge in [-0.1, -0.05) is 12.5 Å². The van der Waals surface area contributed by atoms with Crippen molar-refractivity contribution in [3.05, 3.63) is 35.8 Å². The van der Waals surface area contributed by atoms with Crippen molar-refractivity contribution in [2.24, 2.45) is 11.7 Å². The van der Waals surface area contributed by atoms with Crippen molar-refractivity contribution in [1.82, 2.24) is 14.3 Å². The Morgan fingerprint density at radius 3 is 3.05 bits per heavy atom. The van der Waals surface area contributed by atoms with Gasteiger partial charge in [0.2, 0.25) is 0 Å². The fourth-order valence-corrected chi connectivity index (χ4v) is 3.53. The lowest BCUT2D eigenvalue weighted by Crippen LogP contribution is -2.37. The van der Waals surface area contributed by atoms with E-state index in [1.807, 2.05) is 0 Å². The zero-order chi connectivity index (χ0) is 14.1. The average Bonchev–Trinajstić information content (AvgIpc) is 3.04. The first kappa shape index (κ1) is 13.6. The molecular weight excluding hydrogens is 248 g/mol. The molecule has 2 atom stereocenters. The Hall–Kier alpha value is -1.39. The average molecular weight is 272 g/mol. The Morgan fingerprint density at radius 1 is 1.45 bits per heavy atom. The van der Waals surface area contributed by atoms with Gasteiger partial charge in [0.1, 0.15) is 5.65 Å². The number of hydrogen-bond acceptors (Lipinski definition) is 3. The monoisotopic (exact) mass is 272 g/mol. The maximum absolute atomic E-state index is 5.89. The van der Waals surface area contributed by atoms with Crippen LogP contribution in [0.1, 0.15) is 30.5 Å². The van der Waals surface area contributed by atoms with E-state index in [2.05, 4.69) is 47.8 Å². The van der Waals surface area contributed by atoms with E-state index >= 15 is 0 Å². The number of imidazole rings is 1. The normalized spacial score (nSPS) is 23.0. The van der Waals surface area contributed by atoms with E-state index < -0.39 is 0 Å². The second-order valence-corrected chi connectivity index (χ2v) is 6.06. The first-order valence-corrected chi connectivity index (χ1v) is 7.52. The molecule has 0 aliphatic heterocycles. The molecule has 2 unspecified atom stereocenters. The number of hydrogen-bond donors (Lipinski definition) is 1. The molecule has 2 aromatic rings. The summed E-state index contributed by atoms with van der Waals surface area (Å²) in [5.74, 6) is 0.652. The SMILES string of the molecule is Cc1cccn2cc(CN(C)C3CCCC3CN)nc12. The molecular formula is C16H24N4. The van der Waals surface area contributed by atoms with Crippen molar-refractivity contribution >= 4 is 5.65 Å². The largest absolute Gasteiger partial charge is 0.330 e. The molecule has 4 nitrogen and oxygen atoms in total. The van der Waals surface area contributed by atoms with Crippen LogP contribution in [0.15, 0.2) is 24.5 Å². The first-order valence-electron chi connectivity index (χ1n) is 7.52. The van der Waals surface area contributed by atoms with Gasteiger partial charge in [-0.2, -0.15) is 0 Å². The molecule has 20 heavy (non-hydrogen) atoms. The van der Waals surface area contributed by atoms with Gasteiger partial charge in [0.15, 0.2) is 0 Å². The molecule has 4 heteroatoms. The van der Waals surface area contributed by atoms with Gasteiger partial charge in [-0.25, -0.2) is 4.98 Å². The van der Waals surface area contributed by atoms with E-state index in [1.54, 1.807) is 0 Å². The molecule has 0 bridgehead atoms. The minimum absolute atomic E-state index is 0.617. The van der Waals surface area contributed by atoms with Crippen molar-refractivity contribution in [2.45, 2.75) is 38.8 Å². The van der Waals surface area contributed by atoms with Crippen molar-refractivity contribution < 1.29 is 0 Å². The summed E-state index contributed by atoms with van der Waals surface area (Å²) in [5, 5.41) is 0. The number of aromatic nitrogens is 2. The van der Waals surface area contributed by atoms with Gasteiger partial charge < -0.3 is 10.1 Å². The van der Waals surface area contributed by atoms with E-state index in [0.717, 1.165) is 24.4 Å². The molecule has 108 valence electrons. The van der Waals surface area contributed by atoms with Gasteiger partial charge in [0.05, 0.1) is 5.69 Å². The van der Waals surface area contributed by atoms with Gasteiger partial charge >= 0.3 is 0 Å². The van der Waals surface area contributed by atoms with Crippen LogP contribution in [0.3, 0.4) is 0 Å². The first-order chi connectivity index (χ1) is 9.69. The van der Waals surface area contributed by atoms with Crippen LogP contribution >= 0.6 is 0 Å². The molecule has 1 saturated carbocycles. The summed E-state index contributed by atoms with van der Waals surface area (Å²) in [6.45, 7) is 3.82. The maximum Gasteiger partial charge on any atom is 0.139 e. The fraction of sp³-hybridized carbons (Fsp3) is 0.562. The Morgan fingerprint density at radius 2 is 2.30 bits per heavy atom. The second-order valence-electron chi connectivity index (χ2n) is 6.06. The molecule has 2 N–H and O–H groups in total. The summed E-state index contributed by atoms with van der Waals surface area (Å²) in [7, 11) is 2.20. The van der Waals surface area contributed by atoms with Gasteiger partial charge in [-0.3, -0.25) is 4.90 Å². The summed E-state index contributed by atoms with van der Waals surface area (Å²) in [6, 6.07) is 4.79. The highest BCUT2D eigenvalue weighted by atomic mass is 15.2. The molecule has 0 radical (unpaired) electrons. The van der Waals surface area contributed by atoms with Gasteiger partial charge in [0.25, 0.3) is 0 Å². The van der Waals surface area contributed by atoms with Crippen LogP contribution in [0.4, 0.5) is 0 Å². The molecule has 2 aromatic heterocycles. The topological polar surface area (TPSA) is 46.6 Å². The maximum atomic E-state index is 5.89. The third-order valence-electron chi connectivity index (χ3n) is 4.63. The van der Waals surface area contributed by atoms with E-state index in [-0.39, 0.29) is 0 Å². The molecule has 1 aliphatic carbocycles. The van der Waals surface area contributed by atoms with Crippen LogP contribution in [0.25, 0.3) is 5.65 Å². The summed E-state index contributed by atoms with van der Waals surface area (Å²) in [4.78, 5) is 7.20. The smallest absolute Gasteiger partial charge is 0.139 e. The highest BCUT2D eigenvalue weighted by molar-refractivity contribution is 5.47. The second kappa shape index (κ2) is 5.54. The summed E-state index contributed by atoms with van der Waals surface area (Å²) in [5.41, 5.74) is 9.32. The molecule has 0 amide bonds. The number of aryl methyl sites for hydroxylation is 1. The fourth-order valence-electron chi connectivity index (χ4n) is 3.53. The molecule has 3 rings (SSSR count). The van der Waals surface area contributed by atoms with Crippen molar-refractivity contribution in [3.8, 4) is 0 Å². The summed E-state index contributed by atoms with van der Waals surface area (Å²) in [6.07, 6.45) is 8.06. The van der Waals surface area contributed by atoms with Crippen LogP contribution in [0.2, 0.25) is 0 Å². The number of nitrogens with two attached hydrogens (primary N) is 1. The zero-order valence-corrected chi connectivity index (χ0v) is 12.4. The molecule has 0 saturated heterocycles. The van der Waals surface area contributed by atoms with Crippen LogP contribution in [-0.4, -0.2) is 33.9 Å². The van der Waals surface area contributed by atoms with E-state index in [9.17, 15) is 0 Å². The lowest BCUT2D eigenvalue weighted by atomic mass is 10.0. The van der Waals surface area contributed by atoms with Crippen LogP contribution < -0.4 is 5.73 Å². The van der Waals surface area contributed by atoms with E-state index in [4.69, 9.17) is 10.7 Å². The lowest BCUT2D eigenvalue weighted by Gasteiger charge is -2.28. The minimum atomic E-state index is 0.617. The summed E-state index contributed by atoms with van der Waals surface area (Å²) < 4.78 is 2.12. The standard InChI is InChI=1S/C16H24N4/c1-12-5-4-8-20-11-14(18-16(12)20)10-19(2)15-7-3-6-13(15)9-17/h4-5,8,11,13,15H,3,6-7,9-10,17H2,1-2H3. The van der Waals surface area contributed by atoms with Gasteiger partial charge in [-0.05, 0) is 50.9 Å². The number of rotatable bonds is 4. The lowest BCUT2D eigenvalue weighted by molar-refractivity contribution is 0.191. The highest BCUT2D eigenvalue weighted by Gasteiger charge is 2.29. The molecule has 1 fully saturated rings. The van der Waals surface area contributed by atoms with Gasteiger partial charge in [0, 0.05) is 25.0 Å². The zero-order valence-electron chi connectivity index (χ0n) is 12.4. The Balaban J connectivity index is 1.77. The van der Waals surface area contributed by atoms with Crippen molar-refractivity contribution in [1.29, 1.82) is 0 Å². The third-order valence-corrected chi connectivity index (χ3v) is 4.63. The molecule has 1 aliphatic rings. The minimum Gasteiger partial charge on any atom is -0.330 e.